The summed E-state index contributed by atoms with van der Waals surface area (Å²) in [6.45, 7) is 9.08. The summed E-state index contributed by atoms with van der Waals surface area (Å²) in [6, 6.07) is 6.40. The van der Waals surface area contributed by atoms with E-state index in [0.717, 1.165) is 36.1 Å². The zero-order chi connectivity index (χ0) is 15.6. The monoisotopic (exact) mass is 309 g/mol. The van der Waals surface area contributed by atoms with Gasteiger partial charge in [0.15, 0.2) is 9.84 Å². The summed E-state index contributed by atoms with van der Waals surface area (Å²) in [5, 5.41) is 3.21. The maximum Gasteiger partial charge on any atom is 0.157 e. The summed E-state index contributed by atoms with van der Waals surface area (Å²) in [4.78, 5) is 0. The first kappa shape index (κ1) is 16.5. The third-order valence-corrected chi connectivity index (χ3v) is 6.88. The van der Waals surface area contributed by atoms with Gasteiger partial charge in [0.1, 0.15) is 0 Å². The fourth-order valence-electron chi connectivity index (χ4n) is 3.68. The molecule has 0 heterocycles. The molecule has 1 saturated carbocycles. The van der Waals surface area contributed by atoms with E-state index in [2.05, 4.69) is 25.2 Å². The number of sulfone groups is 1. The third-order valence-electron chi connectivity index (χ3n) is 4.56. The van der Waals surface area contributed by atoms with Crippen LogP contribution in [0.1, 0.15) is 43.4 Å². The summed E-state index contributed by atoms with van der Waals surface area (Å²) in [6.07, 6.45) is 1.75. The summed E-state index contributed by atoms with van der Waals surface area (Å²) >= 11 is 0. The molecule has 3 nitrogen and oxygen atoms in total. The highest BCUT2D eigenvalue weighted by Crippen LogP contribution is 2.33. The Hall–Kier alpha value is -0.870. The second kappa shape index (κ2) is 6.49. The number of hydrogen-bond acceptors (Lipinski definition) is 3. The first-order valence-corrected chi connectivity index (χ1v) is 9.57. The van der Waals surface area contributed by atoms with E-state index in [1.165, 1.54) is 0 Å². The van der Waals surface area contributed by atoms with Crippen LogP contribution in [0.4, 0.5) is 0 Å². The lowest BCUT2D eigenvalue weighted by atomic mass is 10.1. The highest BCUT2D eigenvalue weighted by Gasteiger charge is 2.40. The van der Waals surface area contributed by atoms with E-state index in [-0.39, 0.29) is 16.9 Å². The number of nitrogens with one attached hydrogen (secondary N) is 1. The van der Waals surface area contributed by atoms with Crippen molar-refractivity contribution in [2.24, 2.45) is 5.92 Å². The molecule has 1 N–H and O–H groups in total. The molecule has 1 aliphatic carbocycles. The Morgan fingerprint density at radius 2 is 1.76 bits per heavy atom. The van der Waals surface area contributed by atoms with Gasteiger partial charge in [0.25, 0.3) is 0 Å². The topological polar surface area (TPSA) is 46.2 Å². The molecule has 1 aromatic carbocycles. The lowest BCUT2D eigenvalue weighted by Crippen LogP contribution is -2.36. The minimum Gasteiger partial charge on any atom is -0.314 e. The van der Waals surface area contributed by atoms with Crippen molar-refractivity contribution in [3.63, 3.8) is 0 Å². The maximum absolute atomic E-state index is 12.8. The molecule has 1 aliphatic rings. The minimum absolute atomic E-state index is 0.170. The SMILES string of the molecule is CCNC1CCC(S(=O)(=O)Cc2cc(C)cc(C)c2)C1C. The van der Waals surface area contributed by atoms with Crippen molar-refractivity contribution < 1.29 is 8.42 Å². The average molecular weight is 309 g/mol. The molecule has 0 aliphatic heterocycles. The summed E-state index contributed by atoms with van der Waals surface area (Å²) in [5.74, 6) is 0.365. The van der Waals surface area contributed by atoms with E-state index in [9.17, 15) is 8.42 Å². The quantitative estimate of drug-likeness (QED) is 0.909. The standard InChI is InChI=1S/C17H27NO2S/c1-5-18-16-6-7-17(14(16)4)21(19,20)11-15-9-12(2)8-13(3)10-15/h8-10,14,16-18H,5-7,11H2,1-4H3. The van der Waals surface area contributed by atoms with Crippen molar-refractivity contribution in [1.82, 2.24) is 5.32 Å². The van der Waals surface area contributed by atoms with E-state index in [0.29, 0.717) is 6.04 Å². The Morgan fingerprint density at radius 1 is 1.14 bits per heavy atom. The second-order valence-electron chi connectivity index (χ2n) is 6.44. The van der Waals surface area contributed by atoms with Gasteiger partial charge in [-0.15, -0.1) is 0 Å². The Labute approximate surface area is 129 Å². The summed E-state index contributed by atoms with van der Waals surface area (Å²) in [7, 11) is -3.09. The molecule has 3 atom stereocenters. The molecule has 0 spiro atoms. The van der Waals surface area contributed by atoms with Crippen LogP contribution in [-0.2, 0) is 15.6 Å². The van der Waals surface area contributed by atoms with Gasteiger partial charge in [-0.2, -0.15) is 0 Å². The number of benzene rings is 1. The number of aryl methyl sites for hydroxylation is 2. The molecule has 0 radical (unpaired) electrons. The van der Waals surface area contributed by atoms with Crippen molar-refractivity contribution in [2.75, 3.05) is 6.54 Å². The smallest absolute Gasteiger partial charge is 0.157 e. The lowest BCUT2D eigenvalue weighted by Gasteiger charge is -2.21. The largest absolute Gasteiger partial charge is 0.314 e. The van der Waals surface area contributed by atoms with Crippen LogP contribution in [-0.4, -0.2) is 26.3 Å². The van der Waals surface area contributed by atoms with Crippen molar-refractivity contribution >= 4 is 9.84 Å². The summed E-state index contributed by atoms with van der Waals surface area (Å²) < 4.78 is 25.5. The number of rotatable bonds is 5. The van der Waals surface area contributed by atoms with Crippen molar-refractivity contribution in [1.29, 1.82) is 0 Å². The van der Waals surface area contributed by atoms with Gasteiger partial charge in [0.2, 0.25) is 0 Å². The van der Waals surface area contributed by atoms with E-state index in [1.807, 2.05) is 26.0 Å². The third kappa shape index (κ3) is 3.86. The second-order valence-corrected chi connectivity index (χ2v) is 8.66. The predicted octanol–water partition coefficient (Wildman–Crippen LogP) is 2.99. The first-order valence-electron chi connectivity index (χ1n) is 7.85. The van der Waals surface area contributed by atoms with Gasteiger partial charge in [0, 0.05) is 6.04 Å². The van der Waals surface area contributed by atoms with Gasteiger partial charge in [-0.3, -0.25) is 0 Å². The molecule has 4 heteroatoms. The molecule has 21 heavy (non-hydrogen) atoms. The van der Waals surface area contributed by atoms with Crippen LogP contribution in [0.5, 0.6) is 0 Å². The highest BCUT2D eigenvalue weighted by molar-refractivity contribution is 7.91. The average Bonchev–Trinajstić information content (AvgIpc) is 2.70. The molecular weight excluding hydrogens is 282 g/mol. The molecule has 118 valence electrons. The van der Waals surface area contributed by atoms with Gasteiger partial charge < -0.3 is 5.32 Å². The summed E-state index contributed by atoms with van der Waals surface area (Å²) in [5.41, 5.74) is 3.18. The number of hydrogen-bond donors (Lipinski definition) is 1. The van der Waals surface area contributed by atoms with E-state index in [4.69, 9.17) is 0 Å². The fraction of sp³-hybridized carbons (Fsp3) is 0.647. The lowest BCUT2D eigenvalue weighted by molar-refractivity contribution is 0.433. The fourth-order valence-corrected chi connectivity index (χ4v) is 5.86. The zero-order valence-electron chi connectivity index (χ0n) is 13.5. The Bertz CT molecular complexity index is 575. The van der Waals surface area contributed by atoms with E-state index in [1.54, 1.807) is 0 Å². The van der Waals surface area contributed by atoms with Crippen LogP contribution >= 0.6 is 0 Å². The molecule has 1 fully saturated rings. The normalized spacial score (nSPS) is 26.2. The molecular formula is C17H27NO2S. The zero-order valence-corrected chi connectivity index (χ0v) is 14.3. The molecule has 0 saturated heterocycles. The Kier molecular flexibility index (Phi) is 5.10. The van der Waals surface area contributed by atoms with Crippen LogP contribution in [0, 0.1) is 19.8 Å². The van der Waals surface area contributed by atoms with Crippen molar-refractivity contribution in [3.8, 4) is 0 Å². The maximum atomic E-state index is 12.8. The molecule has 3 unspecified atom stereocenters. The molecule has 0 bridgehead atoms. The van der Waals surface area contributed by atoms with Crippen molar-refractivity contribution in [2.45, 2.75) is 57.6 Å². The molecule has 0 aromatic heterocycles. The van der Waals surface area contributed by atoms with Crippen LogP contribution in [0.2, 0.25) is 0 Å². The van der Waals surface area contributed by atoms with Gasteiger partial charge >= 0.3 is 0 Å². The molecule has 0 amide bonds. The minimum atomic E-state index is -3.09. The van der Waals surface area contributed by atoms with E-state index < -0.39 is 9.84 Å². The van der Waals surface area contributed by atoms with Gasteiger partial charge in [-0.1, -0.05) is 43.2 Å². The predicted molar refractivity (Wildman–Crippen MR) is 88.2 cm³/mol. The van der Waals surface area contributed by atoms with Crippen LogP contribution in [0.25, 0.3) is 0 Å². The van der Waals surface area contributed by atoms with Gasteiger partial charge in [-0.05, 0) is 44.7 Å². The van der Waals surface area contributed by atoms with E-state index >= 15 is 0 Å². The first-order chi connectivity index (χ1) is 9.83. The highest BCUT2D eigenvalue weighted by atomic mass is 32.2. The van der Waals surface area contributed by atoms with Crippen LogP contribution < -0.4 is 5.32 Å². The van der Waals surface area contributed by atoms with Gasteiger partial charge in [-0.25, -0.2) is 8.42 Å². The van der Waals surface area contributed by atoms with Crippen molar-refractivity contribution in [3.05, 3.63) is 34.9 Å². The molecule has 1 aromatic rings. The van der Waals surface area contributed by atoms with Gasteiger partial charge in [0.05, 0.1) is 11.0 Å². The Balaban J connectivity index is 2.15. The van der Waals surface area contributed by atoms with Crippen LogP contribution in [0.15, 0.2) is 18.2 Å². The Morgan fingerprint density at radius 3 is 2.33 bits per heavy atom. The molecule has 2 rings (SSSR count). The van der Waals surface area contributed by atoms with Crippen LogP contribution in [0.3, 0.4) is 0 Å².